The maximum Gasteiger partial charge on any atom is 0.482 e. The Hall–Kier alpha value is -4.76. The van der Waals surface area contributed by atoms with Gasteiger partial charge in [0.1, 0.15) is 11.5 Å². The molecule has 45 heavy (non-hydrogen) atoms. The van der Waals surface area contributed by atoms with Crippen molar-refractivity contribution in [3.8, 4) is 23.0 Å². The molecule has 0 aromatic heterocycles. The molecule has 0 bridgehead atoms. The van der Waals surface area contributed by atoms with Gasteiger partial charge < -0.3 is 9.47 Å². The lowest BCUT2D eigenvalue weighted by molar-refractivity contribution is -0.315. The van der Waals surface area contributed by atoms with E-state index in [0.717, 1.165) is 83.4 Å². The van der Waals surface area contributed by atoms with E-state index >= 15 is 13.2 Å². The van der Waals surface area contributed by atoms with E-state index in [1.54, 1.807) is 0 Å². The predicted molar refractivity (Wildman–Crippen MR) is 138 cm³/mol. The Labute approximate surface area is 246 Å². The van der Waals surface area contributed by atoms with Gasteiger partial charge in [0.2, 0.25) is 0 Å². The predicted octanol–water partition coefficient (Wildman–Crippen LogP) is 10.7. The monoisotopic (exact) mass is 654 g/mol. The quantitative estimate of drug-likeness (QED) is 0.139. The van der Waals surface area contributed by atoms with Gasteiger partial charge >= 0.3 is 30.4 Å². The number of nitrogens with one attached hydrogen (secondary N) is 2. The largest absolute Gasteiger partial charge is 0.482 e. The third-order valence-electron chi connectivity index (χ3n) is 6.07. The van der Waals surface area contributed by atoms with Crippen molar-refractivity contribution in [3.05, 3.63) is 108 Å². The highest BCUT2D eigenvalue weighted by Gasteiger charge is 2.74. The highest BCUT2D eigenvalue weighted by molar-refractivity contribution is 5.60. The van der Waals surface area contributed by atoms with Gasteiger partial charge in [-0.15, -0.1) is 0 Å². The van der Waals surface area contributed by atoms with Crippen LogP contribution in [0.25, 0.3) is 0 Å². The topological polar surface area (TPSA) is 42.5 Å². The molecular formula is C29H18F12N2O2. The molecule has 0 spiro atoms. The average molecular weight is 654 g/mol. The standard InChI is InChI=1S/C29H18F12N2O2/c30-25(27(33,34)35,17-9-1-5-13-21(17)44-23-15-7-3-11-19(23)42-28(36,37)38)26(31,32)18-10-2-6-14-22(18)45-24-16-8-4-12-20(24)43-29(39,40)41/h1-16,42-43H. The van der Waals surface area contributed by atoms with Gasteiger partial charge in [0.25, 0.3) is 0 Å². The fourth-order valence-electron chi connectivity index (χ4n) is 4.20. The second kappa shape index (κ2) is 12.0. The van der Waals surface area contributed by atoms with E-state index in [4.69, 9.17) is 9.47 Å². The summed E-state index contributed by atoms with van der Waals surface area (Å²) in [7, 11) is 0. The third-order valence-corrected chi connectivity index (χ3v) is 6.07. The molecule has 0 saturated carbocycles. The number of hydrogen-bond acceptors (Lipinski definition) is 4. The third kappa shape index (κ3) is 7.15. The van der Waals surface area contributed by atoms with Crippen LogP contribution in [0.2, 0.25) is 0 Å². The molecule has 4 rings (SSSR count). The van der Waals surface area contributed by atoms with E-state index in [-0.39, 0.29) is 0 Å². The average Bonchev–Trinajstić information content (AvgIpc) is 2.93. The molecule has 0 heterocycles. The van der Waals surface area contributed by atoms with Crippen molar-refractivity contribution in [1.29, 1.82) is 0 Å². The Balaban J connectivity index is 1.84. The Bertz CT molecular complexity index is 1640. The molecule has 0 aliphatic carbocycles. The molecule has 0 radical (unpaired) electrons. The van der Waals surface area contributed by atoms with Crippen LogP contribution in [0.5, 0.6) is 23.0 Å². The summed E-state index contributed by atoms with van der Waals surface area (Å²) in [5.74, 6) is -9.47. The summed E-state index contributed by atoms with van der Waals surface area (Å²) >= 11 is 0. The normalized spacial score (nSPS) is 14.0. The molecule has 0 aliphatic rings. The lowest BCUT2D eigenvalue weighted by Crippen LogP contribution is -2.51. The summed E-state index contributed by atoms with van der Waals surface area (Å²) in [6.45, 7) is 0. The van der Waals surface area contributed by atoms with Gasteiger partial charge in [-0.05, 0) is 42.5 Å². The smallest absolute Gasteiger partial charge is 0.455 e. The first-order chi connectivity index (χ1) is 20.8. The number of benzene rings is 4. The van der Waals surface area contributed by atoms with Gasteiger partial charge in [-0.1, -0.05) is 54.6 Å². The molecule has 0 fully saturated rings. The van der Waals surface area contributed by atoms with E-state index in [1.165, 1.54) is 0 Å². The van der Waals surface area contributed by atoms with Crippen molar-refractivity contribution in [2.45, 2.75) is 30.4 Å². The molecule has 240 valence electrons. The zero-order valence-corrected chi connectivity index (χ0v) is 22.1. The minimum Gasteiger partial charge on any atom is -0.455 e. The summed E-state index contributed by atoms with van der Waals surface area (Å²) in [5, 5.41) is 2.18. The maximum absolute atomic E-state index is 16.5. The molecule has 0 amide bonds. The first-order valence-corrected chi connectivity index (χ1v) is 12.4. The van der Waals surface area contributed by atoms with Crippen LogP contribution in [0.15, 0.2) is 97.1 Å². The summed E-state index contributed by atoms with van der Waals surface area (Å²) in [6.07, 6.45) is -16.5. The molecule has 4 aromatic rings. The van der Waals surface area contributed by atoms with Crippen molar-refractivity contribution >= 4 is 11.4 Å². The molecule has 4 nitrogen and oxygen atoms in total. The number of ether oxygens (including phenoxy) is 2. The highest BCUT2D eigenvalue weighted by atomic mass is 19.4. The molecule has 1 atom stereocenters. The van der Waals surface area contributed by atoms with Gasteiger partial charge in [-0.2, -0.15) is 48.3 Å². The van der Waals surface area contributed by atoms with Gasteiger partial charge in [0.15, 0.2) is 11.5 Å². The zero-order valence-electron chi connectivity index (χ0n) is 22.1. The Morgan fingerprint density at radius 1 is 0.400 bits per heavy atom. The fraction of sp³-hybridized carbons (Fsp3) is 0.172. The van der Waals surface area contributed by atoms with Gasteiger partial charge in [0.05, 0.1) is 16.9 Å². The van der Waals surface area contributed by atoms with Crippen LogP contribution in [0.3, 0.4) is 0 Å². The van der Waals surface area contributed by atoms with Crippen molar-refractivity contribution in [3.63, 3.8) is 0 Å². The molecule has 1 unspecified atom stereocenters. The van der Waals surface area contributed by atoms with Crippen LogP contribution in [-0.2, 0) is 11.6 Å². The molecule has 16 heteroatoms. The number of hydrogen-bond donors (Lipinski definition) is 2. The van der Waals surface area contributed by atoms with Crippen molar-refractivity contribution in [2.24, 2.45) is 0 Å². The van der Waals surface area contributed by atoms with Crippen LogP contribution in [0, 0.1) is 0 Å². The number of alkyl halides is 12. The van der Waals surface area contributed by atoms with Crippen molar-refractivity contribution in [2.75, 3.05) is 10.6 Å². The Morgan fingerprint density at radius 3 is 1.13 bits per heavy atom. The molecular weight excluding hydrogens is 636 g/mol. The highest BCUT2D eigenvalue weighted by Crippen LogP contribution is 2.60. The summed E-state index contributed by atoms with van der Waals surface area (Å²) in [6, 6.07) is 13.5. The van der Waals surface area contributed by atoms with E-state index in [9.17, 15) is 39.5 Å². The van der Waals surface area contributed by atoms with Gasteiger partial charge in [0, 0.05) is 5.56 Å². The van der Waals surface area contributed by atoms with Crippen molar-refractivity contribution < 1.29 is 62.2 Å². The first-order valence-electron chi connectivity index (χ1n) is 12.4. The number of halogens is 12. The van der Waals surface area contributed by atoms with Crippen LogP contribution in [0.1, 0.15) is 11.1 Å². The van der Waals surface area contributed by atoms with Crippen molar-refractivity contribution in [1.82, 2.24) is 0 Å². The fourth-order valence-corrected chi connectivity index (χ4v) is 4.20. The number of anilines is 2. The lowest BCUT2D eigenvalue weighted by Gasteiger charge is -2.37. The van der Waals surface area contributed by atoms with Crippen LogP contribution in [-0.4, -0.2) is 18.8 Å². The Kier molecular flexibility index (Phi) is 8.81. The second-order valence-electron chi connectivity index (χ2n) is 9.16. The van der Waals surface area contributed by atoms with E-state index in [0.29, 0.717) is 24.3 Å². The van der Waals surface area contributed by atoms with Gasteiger partial charge in [-0.25, -0.2) is 4.39 Å². The summed E-state index contributed by atoms with van der Waals surface area (Å²) < 4.78 is 181. The molecule has 0 saturated heterocycles. The van der Waals surface area contributed by atoms with Crippen LogP contribution >= 0.6 is 0 Å². The second-order valence-corrected chi connectivity index (χ2v) is 9.16. The van der Waals surface area contributed by atoms with Gasteiger partial charge in [-0.3, -0.25) is 10.6 Å². The minimum atomic E-state index is -6.41. The van der Waals surface area contributed by atoms with E-state index in [2.05, 4.69) is 0 Å². The van der Waals surface area contributed by atoms with Crippen LogP contribution in [0.4, 0.5) is 64.1 Å². The minimum absolute atomic E-state index is 0.308. The molecule has 0 aliphatic heterocycles. The summed E-state index contributed by atoms with van der Waals surface area (Å²) in [5.41, 5.74) is -10.8. The molecule has 2 N–H and O–H groups in total. The SMILES string of the molecule is FC(F)(F)Nc1ccccc1Oc1ccccc1C(F)(F)C(F)(c1ccccc1Oc1ccccc1NC(F)(F)F)C(F)(F)F. The lowest BCUT2D eigenvalue weighted by atomic mass is 9.83. The first kappa shape index (κ1) is 33.1. The maximum atomic E-state index is 16.5. The number of para-hydroxylation sites is 6. The Morgan fingerprint density at radius 2 is 0.733 bits per heavy atom. The van der Waals surface area contributed by atoms with E-state index in [1.807, 2.05) is 0 Å². The van der Waals surface area contributed by atoms with E-state index < -0.39 is 75.9 Å². The zero-order chi connectivity index (χ0) is 33.3. The van der Waals surface area contributed by atoms with Crippen LogP contribution < -0.4 is 20.1 Å². The molecule has 4 aromatic carbocycles. The number of rotatable bonds is 9. The summed E-state index contributed by atoms with van der Waals surface area (Å²) in [4.78, 5) is 0.